The van der Waals surface area contributed by atoms with E-state index < -0.39 is 61.8 Å². The van der Waals surface area contributed by atoms with Gasteiger partial charge < -0.3 is 4.74 Å². The second-order valence-corrected chi connectivity index (χ2v) is 12.6. The van der Waals surface area contributed by atoms with Gasteiger partial charge in [-0.3, -0.25) is 14.4 Å². The van der Waals surface area contributed by atoms with Crippen LogP contribution in [0.25, 0.3) is 0 Å². The highest BCUT2D eigenvalue weighted by molar-refractivity contribution is 6.65. The smallest absolute Gasteiger partial charge is 0.260 e. The van der Waals surface area contributed by atoms with Crippen molar-refractivity contribution in [3.8, 4) is 0 Å². The van der Waals surface area contributed by atoms with E-state index in [-0.39, 0.29) is 10.1 Å². The summed E-state index contributed by atoms with van der Waals surface area (Å²) in [6, 6.07) is 0. The topological polar surface area (TPSA) is 55.8 Å². The van der Waals surface area contributed by atoms with Gasteiger partial charge in [0.05, 0.1) is 40.7 Å². The van der Waals surface area contributed by atoms with Crippen LogP contribution in [0.2, 0.25) is 0 Å². The van der Waals surface area contributed by atoms with E-state index in [2.05, 4.69) is 6.92 Å². The van der Waals surface area contributed by atoms with Gasteiger partial charge in [0.15, 0.2) is 4.33 Å². The number of allylic oxidation sites excluding steroid dienone is 2. The average Bonchev–Trinajstić information content (AvgIpc) is 3.45. The van der Waals surface area contributed by atoms with E-state index in [1.165, 1.54) is 19.3 Å². The molecule has 0 unspecified atom stereocenters. The van der Waals surface area contributed by atoms with Crippen molar-refractivity contribution in [1.82, 2.24) is 5.06 Å². The minimum atomic E-state index is -1.72. The lowest BCUT2D eigenvalue weighted by molar-refractivity contribution is -0.192. The highest BCUT2D eigenvalue weighted by Crippen LogP contribution is 2.81. The minimum absolute atomic E-state index is 0.0720. The molecule has 3 saturated heterocycles. The Morgan fingerprint density at radius 1 is 0.844 bits per heavy atom. The number of hydrogen-bond acceptors (Lipinski definition) is 4. The number of hydroxylamine groups is 2. The van der Waals surface area contributed by atoms with Crippen LogP contribution in [0.4, 0.5) is 0 Å². The number of halogens is 6. The minimum Gasteiger partial charge on any atom is -0.373 e. The molecule has 3 aliphatic heterocycles. The molecular formula is C21H23Cl6NO4. The number of fused-ring (bicyclic) bond motifs is 12. The zero-order chi connectivity index (χ0) is 23.2. The lowest BCUT2D eigenvalue weighted by Gasteiger charge is -2.39. The predicted molar refractivity (Wildman–Crippen MR) is 124 cm³/mol. The molecule has 4 bridgehead atoms. The van der Waals surface area contributed by atoms with Crippen molar-refractivity contribution in [2.45, 2.75) is 71.7 Å². The number of carbonyl (C=O) groups excluding carboxylic acids is 2. The molecular weight excluding hydrogens is 543 g/mol. The van der Waals surface area contributed by atoms with Gasteiger partial charge in [0.1, 0.15) is 9.75 Å². The first kappa shape index (κ1) is 24.2. The fraction of sp³-hybridized carbons (Fsp3) is 0.810. The van der Waals surface area contributed by atoms with Crippen LogP contribution in [0.15, 0.2) is 10.1 Å². The molecule has 5 aliphatic rings. The van der Waals surface area contributed by atoms with E-state index in [1.807, 2.05) is 0 Å². The van der Waals surface area contributed by atoms with Gasteiger partial charge in [0.25, 0.3) is 11.8 Å². The Labute approximate surface area is 216 Å². The molecule has 2 aliphatic carbocycles. The molecule has 0 spiro atoms. The lowest BCUT2D eigenvalue weighted by atomic mass is 9.65. The highest BCUT2D eigenvalue weighted by atomic mass is 35.5. The van der Waals surface area contributed by atoms with Crippen molar-refractivity contribution in [2.24, 2.45) is 23.7 Å². The molecule has 11 heteroatoms. The third-order valence-corrected chi connectivity index (χ3v) is 12.1. The molecule has 4 fully saturated rings. The number of unbranched alkanes of at least 4 members (excludes halogenated alkanes) is 5. The third kappa shape index (κ3) is 2.69. The quantitative estimate of drug-likeness (QED) is 0.214. The Hall–Kier alpha value is 0.540. The lowest BCUT2D eigenvalue weighted by Crippen LogP contribution is -2.50. The molecule has 8 atom stereocenters. The number of carbonyl (C=O) groups is 2. The molecule has 3 heterocycles. The van der Waals surface area contributed by atoms with Gasteiger partial charge >= 0.3 is 0 Å². The van der Waals surface area contributed by atoms with Crippen LogP contribution in [0.3, 0.4) is 0 Å². The average molecular weight is 566 g/mol. The normalized spacial score (nSPS) is 45.4. The molecule has 2 amide bonds. The van der Waals surface area contributed by atoms with Gasteiger partial charge in [-0.1, -0.05) is 85.4 Å². The SMILES string of the molecule is CCCCCCCCON1C(=O)[C@@H]2[C@H]3O[C@H]([C@@H]2C1=O)[C@@H]1[C@@H]3[C@]2(Cl)C(Cl)=C(Cl)[C@]1(Cl)C2(Cl)Cl. The van der Waals surface area contributed by atoms with E-state index in [4.69, 9.17) is 79.2 Å². The number of amides is 2. The van der Waals surface area contributed by atoms with E-state index in [9.17, 15) is 9.59 Å². The number of alkyl halides is 4. The standard InChI is InChI=1S/C21H23Cl6NO4/c1-2-3-4-5-6-7-8-31-28-17(29)9-10(18(28)30)14-12-11(13(9)32-14)19(24)15(22)16(23)20(12,25)21(19,26)27/h9-14H,2-8H2,1H3/t9-,10+,11-,12-,13+,14+,19-,20-/m0/s1. The summed E-state index contributed by atoms with van der Waals surface area (Å²) in [6.07, 6.45) is 5.01. The van der Waals surface area contributed by atoms with Crippen LogP contribution in [0.1, 0.15) is 45.4 Å². The van der Waals surface area contributed by atoms with Crippen LogP contribution in [0, 0.1) is 23.7 Å². The van der Waals surface area contributed by atoms with Gasteiger partial charge in [0, 0.05) is 11.8 Å². The van der Waals surface area contributed by atoms with Gasteiger partial charge in [-0.25, -0.2) is 0 Å². The summed E-state index contributed by atoms with van der Waals surface area (Å²) in [5, 5.41) is 1.05. The molecule has 0 N–H and O–H groups in total. The van der Waals surface area contributed by atoms with Gasteiger partial charge in [-0.05, 0) is 6.42 Å². The molecule has 5 rings (SSSR count). The monoisotopic (exact) mass is 563 g/mol. The third-order valence-electron chi connectivity index (χ3n) is 7.86. The summed E-state index contributed by atoms with van der Waals surface area (Å²) < 4.78 is 4.41. The Bertz CT molecular complexity index is 840. The van der Waals surface area contributed by atoms with Crippen LogP contribution >= 0.6 is 69.6 Å². The first-order valence-electron chi connectivity index (χ1n) is 11.0. The maximum absolute atomic E-state index is 13.2. The predicted octanol–water partition coefficient (Wildman–Crippen LogP) is 5.74. The fourth-order valence-corrected chi connectivity index (χ4v) is 9.50. The van der Waals surface area contributed by atoms with Crippen molar-refractivity contribution in [3.05, 3.63) is 10.1 Å². The van der Waals surface area contributed by atoms with Crippen molar-refractivity contribution in [2.75, 3.05) is 6.61 Å². The summed E-state index contributed by atoms with van der Waals surface area (Å²) in [7, 11) is 0. The Morgan fingerprint density at radius 2 is 1.31 bits per heavy atom. The second kappa shape index (κ2) is 8.03. The molecule has 0 aromatic carbocycles. The molecule has 1 saturated carbocycles. The number of rotatable bonds is 8. The fourth-order valence-electron chi connectivity index (χ4n) is 6.44. The molecule has 178 valence electrons. The number of nitrogens with zero attached hydrogens (tertiary/aromatic N) is 1. The molecule has 0 aromatic rings. The van der Waals surface area contributed by atoms with Crippen molar-refractivity contribution >= 4 is 81.4 Å². The molecule has 5 nitrogen and oxygen atoms in total. The van der Waals surface area contributed by atoms with Crippen LogP contribution in [0.5, 0.6) is 0 Å². The summed E-state index contributed by atoms with van der Waals surface area (Å²) >= 11 is 40.2. The Balaban J connectivity index is 1.34. The van der Waals surface area contributed by atoms with Crippen molar-refractivity contribution in [1.29, 1.82) is 0 Å². The van der Waals surface area contributed by atoms with E-state index in [1.54, 1.807) is 0 Å². The van der Waals surface area contributed by atoms with Crippen LogP contribution in [-0.4, -0.2) is 49.8 Å². The van der Waals surface area contributed by atoms with E-state index in [0.717, 1.165) is 24.3 Å². The van der Waals surface area contributed by atoms with Crippen LogP contribution < -0.4 is 0 Å². The maximum Gasteiger partial charge on any atom is 0.260 e. The first-order chi connectivity index (χ1) is 15.1. The molecule has 0 aromatic heterocycles. The largest absolute Gasteiger partial charge is 0.373 e. The molecule has 0 radical (unpaired) electrons. The van der Waals surface area contributed by atoms with Crippen molar-refractivity contribution < 1.29 is 19.2 Å². The number of hydrogen-bond donors (Lipinski definition) is 0. The zero-order valence-corrected chi connectivity index (χ0v) is 21.8. The number of ether oxygens (including phenoxy) is 1. The van der Waals surface area contributed by atoms with Gasteiger partial charge in [-0.2, -0.15) is 5.06 Å². The van der Waals surface area contributed by atoms with E-state index in [0.29, 0.717) is 6.61 Å². The Kier molecular flexibility index (Phi) is 6.08. The first-order valence-corrected chi connectivity index (χ1v) is 13.3. The van der Waals surface area contributed by atoms with Gasteiger partial charge in [0.2, 0.25) is 0 Å². The summed E-state index contributed by atoms with van der Waals surface area (Å²) in [4.78, 5) is 28.9. The zero-order valence-electron chi connectivity index (χ0n) is 17.3. The summed E-state index contributed by atoms with van der Waals surface area (Å²) in [5.74, 6) is -3.45. The highest BCUT2D eigenvalue weighted by Gasteiger charge is 2.90. The number of imide groups is 1. The maximum atomic E-state index is 13.2. The van der Waals surface area contributed by atoms with E-state index >= 15 is 0 Å². The van der Waals surface area contributed by atoms with Crippen LogP contribution in [-0.2, 0) is 19.2 Å². The second-order valence-electron chi connectivity index (χ2n) is 9.37. The van der Waals surface area contributed by atoms with Gasteiger partial charge in [-0.15, -0.1) is 23.2 Å². The van der Waals surface area contributed by atoms with Crippen molar-refractivity contribution in [3.63, 3.8) is 0 Å². The summed E-state index contributed by atoms with van der Waals surface area (Å²) in [6.45, 7) is 2.47. The Morgan fingerprint density at radius 3 is 1.81 bits per heavy atom. The summed E-state index contributed by atoms with van der Waals surface area (Å²) in [5.41, 5.74) is 0. The molecule has 32 heavy (non-hydrogen) atoms.